The predicted octanol–water partition coefficient (Wildman–Crippen LogP) is 3.51. The van der Waals surface area contributed by atoms with Crippen LogP contribution in [0, 0.1) is 6.92 Å². The van der Waals surface area contributed by atoms with Gasteiger partial charge in [0.25, 0.3) is 0 Å². The summed E-state index contributed by atoms with van der Waals surface area (Å²) in [6, 6.07) is 13.0. The van der Waals surface area contributed by atoms with E-state index in [-0.39, 0.29) is 17.9 Å². The monoisotopic (exact) mass is 354 g/mol. The number of amides is 2. The summed E-state index contributed by atoms with van der Waals surface area (Å²) >= 11 is 0. The summed E-state index contributed by atoms with van der Waals surface area (Å²) in [5.74, 6) is 1.11. The normalized spacial score (nSPS) is 15.2. The van der Waals surface area contributed by atoms with E-state index in [0.29, 0.717) is 36.6 Å². The quantitative estimate of drug-likeness (QED) is 0.861. The van der Waals surface area contributed by atoms with Gasteiger partial charge in [-0.2, -0.15) is 0 Å². The zero-order valence-electron chi connectivity index (χ0n) is 14.9. The molecule has 3 rings (SSSR count). The van der Waals surface area contributed by atoms with Crippen molar-refractivity contribution in [3.63, 3.8) is 0 Å². The first kappa shape index (κ1) is 17.8. The highest BCUT2D eigenvalue weighted by Gasteiger charge is 2.21. The van der Waals surface area contributed by atoms with Crippen molar-refractivity contribution >= 4 is 23.2 Å². The van der Waals surface area contributed by atoms with Gasteiger partial charge in [0.05, 0.1) is 11.4 Å². The molecule has 1 heterocycles. The molecule has 0 fully saturated rings. The van der Waals surface area contributed by atoms with E-state index in [4.69, 9.17) is 9.47 Å². The van der Waals surface area contributed by atoms with Gasteiger partial charge in [-0.15, -0.1) is 0 Å². The Hall–Kier alpha value is -3.02. The van der Waals surface area contributed by atoms with Crippen LogP contribution in [-0.2, 0) is 9.59 Å². The maximum absolute atomic E-state index is 12.3. The number of nitrogens with one attached hydrogen (secondary N) is 2. The van der Waals surface area contributed by atoms with Crippen molar-refractivity contribution < 1.29 is 19.1 Å². The zero-order valence-corrected chi connectivity index (χ0v) is 14.9. The topological polar surface area (TPSA) is 76.7 Å². The van der Waals surface area contributed by atoms with E-state index in [0.717, 1.165) is 11.3 Å². The lowest BCUT2D eigenvalue weighted by atomic mass is 10.1. The van der Waals surface area contributed by atoms with Crippen LogP contribution >= 0.6 is 0 Å². The molecule has 1 aliphatic rings. The molecule has 0 aliphatic carbocycles. The molecule has 136 valence electrons. The van der Waals surface area contributed by atoms with Gasteiger partial charge in [-0.05, 0) is 43.2 Å². The lowest BCUT2D eigenvalue weighted by Crippen LogP contribution is -2.30. The number of fused-ring (bicyclic) bond motifs is 1. The van der Waals surface area contributed by atoms with Crippen molar-refractivity contribution in [2.24, 2.45) is 0 Å². The molecule has 6 nitrogen and oxygen atoms in total. The molecule has 6 heteroatoms. The van der Waals surface area contributed by atoms with Crippen LogP contribution in [-0.4, -0.2) is 24.5 Å². The number of ether oxygens (including phenoxy) is 2. The zero-order chi connectivity index (χ0) is 18.5. The third-order valence-electron chi connectivity index (χ3n) is 4.02. The highest BCUT2D eigenvalue weighted by molar-refractivity contribution is 5.99. The number of rotatable bonds is 5. The largest absolute Gasteiger partial charge is 0.486 e. The SMILES string of the molecule is CC(=O)Nc1ccc(C)cc1NC(=O)CC[C@H]1COc2ccccc2O1. The Morgan fingerprint density at radius 1 is 1.08 bits per heavy atom. The van der Waals surface area contributed by atoms with Crippen LogP contribution in [0.15, 0.2) is 42.5 Å². The highest BCUT2D eigenvalue weighted by atomic mass is 16.6. The fourth-order valence-corrected chi connectivity index (χ4v) is 2.77. The number of anilines is 2. The summed E-state index contributed by atoms with van der Waals surface area (Å²) in [6.07, 6.45) is 0.674. The first-order chi connectivity index (χ1) is 12.5. The van der Waals surface area contributed by atoms with Crippen LogP contribution in [0.3, 0.4) is 0 Å². The second-order valence-corrected chi connectivity index (χ2v) is 6.31. The fraction of sp³-hybridized carbons (Fsp3) is 0.300. The molecular weight excluding hydrogens is 332 g/mol. The van der Waals surface area contributed by atoms with Crippen molar-refractivity contribution in [1.82, 2.24) is 0 Å². The van der Waals surface area contributed by atoms with Crippen molar-refractivity contribution in [3.8, 4) is 11.5 Å². The van der Waals surface area contributed by atoms with E-state index >= 15 is 0 Å². The van der Waals surface area contributed by atoms with Gasteiger partial charge in [0.15, 0.2) is 11.5 Å². The first-order valence-electron chi connectivity index (χ1n) is 8.58. The van der Waals surface area contributed by atoms with Crippen molar-refractivity contribution in [2.45, 2.75) is 32.8 Å². The van der Waals surface area contributed by atoms with E-state index < -0.39 is 0 Å². The molecule has 0 saturated heterocycles. The van der Waals surface area contributed by atoms with Crippen molar-refractivity contribution in [3.05, 3.63) is 48.0 Å². The second kappa shape index (κ2) is 7.91. The molecule has 0 aromatic heterocycles. The van der Waals surface area contributed by atoms with Crippen LogP contribution in [0.2, 0.25) is 0 Å². The molecule has 26 heavy (non-hydrogen) atoms. The fourth-order valence-electron chi connectivity index (χ4n) is 2.77. The summed E-state index contributed by atoms with van der Waals surface area (Å²) in [7, 11) is 0. The number of aryl methyl sites for hydroxylation is 1. The Bertz CT molecular complexity index is 819. The summed E-state index contributed by atoms with van der Waals surface area (Å²) in [6.45, 7) is 3.79. The molecule has 2 aromatic carbocycles. The molecule has 0 spiro atoms. The number of hydrogen-bond donors (Lipinski definition) is 2. The first-order valence-corrected chi connectivity index (χ1v) is 8.58. The van der Waals surface area contributed by atoms with Gasteiger partial charge in [0.2, 0.25) is 11.8 Å². The summed E-state index contributed by atoms with van der Waals surface area (Å²) in [4.78, 5) is 23.6. The lowest BCUT2D eigenvalue weighted by molar-refractivity contribution is -0.117. The Kier molecular flexibility index (Phi) is 5.41. The van der Waals surface area contributed by atoms with E-state index in [2.05, 4.69) is 10.6 Å². The molecule has 0 bridgehead atoms. The third-order valence-corrected chi connectivity index (χ3v) is 4.02. The highest BCUT2D eigenvalue weighted by Crippen LogP contribution is 2.32. The Morgan fingerprint density at radius 3 is 2.62 bits per heavy atom. The van der Waals surface area contributed by atoms with E-state index in [1.807, 2.05) is 43.3 Å². The van der Waals surface area contributed by atoms with Gasteiger partial charge in [-0.1, -0.05) is 18.2 Å². The van der Waals surface area contributed by atoms with Crippen LogP contribution in [0.4, 0.5) is 11.4 Å². The minimum absolute atomic E-state index is 0.135. The second-order valence-electron chi connectivity index (χ2n) is 6.31. The summed E-state index contributed by atoms with van der Waals surface area (Å²) in [5, 5.41) is 5.59. The minimum atomic E-state index is -0.184. The van der Waals surface area contributed by atoms with Gasteiger partial charge in [-0.25, -0.2) is 0 Å². The molecule has 1 aliphatic heterocycles. The average molecular weight is 354 g/mol. The van der Waals surface area contributed by atoms with E-state index in [1.54, 1.807) is 6.07 Å². The minimum Gasteiger partial charge on any atom is -0.486 e. The Morgan fingerprint density at radius 2 is 1.85 bits per heavy atom. The van der Waals surface area contributed by atoms with E-state index in [9.17, 15) is 9.59 Å². The van der Waals surface area contributed by atoms with Crippen molar-refractivity contribution in [2.75, 3.05) is 17.2 Å². The molecular formula is C20H22N2O4. The molecule has 0 unspecified atom stereocenters. The smallest absolute Gasteiger partial charge is 0.224 e. The lowest BCUT2D eigenvalue weighted by Gasteiger charge is -2.26. The number of hydrogen-bond acceptors (Lipinski definition) is 4. The van der Waals surface area contributed by atoms with Crippen LogP contribution in [0.25, 0.3) is 0 Å². The van der Waals surface area contributed by atoms with Crippen molar-refractivity contribution in [1.29, 1.82) is 0 Å². The predicted molar refractivity (Wildman–Crippen MR) is 99.7 cm³/mol. The molecule has 2 amide bonds. The summed E-state index contributed by atoms with van der Waals surface area (Å²) < 4.78 is 11.5. The van der Waals surface area contributed by atoms with Crippen LogP contribution in [0.1, 0.15) is 25.3 Å². The van der Waals surface area contributed by atoms with Crippen LogP contribution in [0.5, 0.6) is 11.5 Å². The molecule has 0 radical (unpaired) electrons. The Labute approximate surface area is 152 Å². The molecule has 2 N–H and O–H groups in total. The van der Waals surface area contributed by atoms with Gasteiger partial charge in [0.1, 0.15) is 12.7 Å². The maximum atomic E-state index is 12.3. The average Bonchev–Trinajstić information content (AvgIpc) is 2.62. The standard InChI is InChI=1S/C20H22N2O4/c1-13-7-9-16(21-14(2)23)17(11-13)22-20(24)10-8-15-12-25-18-5-3-4-6-19(18)26-15/h3-7,9,11,15H,8,10,12H2,1-2H3,(H,21,23)(H,22,24)/t15-/m0/s1. The molecule has 0 saturated carbocycles. The Balaban J connectivity index is 1.57. The van der Waals surface area contributed by atoms with Gasteiger partial charge in [0, 0.05) is 13.3 Å². The van der Waals surface area contributed by atoms with Gasteiger partial charge < -0.3 is 20.1 Å². The van der Waals surface area contributed by atoms with E-state index in [1.165, 1.54) is 6.92 Å². The number of para-hydroxylation sites is 2. The number of carbonyl (C=O) groups is 2. The maximum Gasteiger partial charge on any atom is 0.224 e. The summed E-state index contributed by atoms with van der Waals surface area (Å²) in [5.41, 5.74) is 2.18. The number of carbonyl (C=O) groups excluding carboxylic acids is 2. The third kappa shape index (κ3) is 4.53. The molecule has 2 aromatic rings. The number of benzene rings is 2. The molecule has 1 atom stereocenters. The van der Waals surface area contributed by atoms with Gasteiger partial charge >= 0.3 is 0 Å². The van der Waals surface area contributed by atoms with Gasteiger partial charge in [-0.3, -0.25) is 9.59 Å². The van der Waals surface area contributed by atoms with Crippen LogP contribution < -0.4 is 20.1 Å².